The van der Waals surface area contributed by atoms with Gasteiger partial charge in [0.25, 0.3) is 0 Å². The van der Waals surface area contributed by atoms with Crippen LogP contribution in [0.25, 0.3) is 0 Å². The summed E-state index contributed by atoms with van der Waals surface area (Å²) in [4.78, 5) is 0. The van der Waals surface area contributed by atoms with Crippen molar-refractivity contribution in [2.24, 2.45) is 17.8 Å². The predicted octanol–water partition coefficient (Wildman–Crippen LogP) is 3.48. The van der Waals surface area contributed by atoms with Gasteiger partial charge in [-0.15, -0.1) is 0 Å². The monoisotopic (exact) mass is 184 g/mol. The van der Waals surface area contributed by atoms with Crippen molar-refractivity contribution in [2.45, 2.75) is 52.6 Å². The number of hydrogen-bond donors (Lipinski definition) is 0. The first kappa shape index (κ1) is 11.0. The average Bonchev–Trinajstić information content (AvgIpc) is 2.03. The van der Waals surface area contributed by atoms with E-state index in [0.717, 1.165) is 17.8 Å². The van der Waals surface area contributed by atoms with Gasteiger partial charge >= 0.3 is 0 Å². The second-order valence-electron chi connectivity index (χ2n) is 5.06. The van der Waals surface area contributed by atoms with Crippen LogP contribution in [-0.2, 0) is 4.74 Å². The number of ether oxygens (including phenoxy) is 1. The summed E-state index contributed by atoms with van der Waals surface area (Å²) < 4.78 is 5.46. The Morgan fingerprint density at radius 3 is 2.46 bits per heavy atom. The third-order valence-electron chi connectivity index (χ3n) is 3.31. The van der Waals surface area contributed by atoms with Gasteiger partial charge in [0.05, 0.1) is 6.10 Å². The van der Waals surface area contributed by atoms with Gasteiger partial charge < -0.3 is 4.74 Å². The third-order valence-corrected chi connectivity index (χ3v) is 3.31. The molecular weight excluding hydrogens is 160 g/mol. The lowest BCUT2D eigenvalue weighted by molar-refractivity contribution is 0.0123. The standard InChI is InChI=1S/C12H24O/c1-9(2)7-11-5-6-12(13-4)10(3)8-11/h9-12H,5-8H2,1-4H3/t10-,11-,12-/m0/s1. The summed E-state index contributed by atoms with van der Waals surface area (Å²) >= 11 is 0. The SMILES string of the molecule is CO[C@H]1CC[C@@H](CC(C)C)C[C@@H]1C. The second-order valence-corrected chi connectivity index (χ2v) is 5.06. The molecule has 1 heteroatoms. The minimum absolute atomic E-state index is 0.531. The lowest BCUT2D eigenvalue weighted by Crippen LogP contribution is -2.29. The van der Waals surface area contributed by atoms with E-state index in [1.165, 1.54) is 25.7 Å². The Morgan fingerprint density at radius 1 is 1.31 bits per heavy atom. The maximum atomic E-state index is 5.46. The summed E-state index contributed by atoms with van der Waals surface area (Å²) in [5, 5.41) is 0. The average molecular weight is 184 g/mol. The van der Waals surface area contributed by atoms with Crippen molar-refractivity contribution in [3.05, 3.63) is 0 Å². The molecule has 0 heterocycles. The fraction of sp³-hybridized carbons (Fsp3) is 1.00. The lowest BCUT2D eigenvalue weighted by Gasteiger charge is -2.34. The minimum atomic E-state index is 0.531. The van der Waals surface area contributed by atoms with Crippen molar-refractivity contribution in [3.8, 4) is 0 Å². The van der Waals surface area contributed by atoms with Crippen LogP contribution in [0.3, 0.4) is 0 Å². The zero-order valence-corrected chi connectivity index (χ0v) is 9.55. The fourth-order valence-electron chi connectivity index (χ4n) is 2.71. The summed E-state index contributed by atoms with van der Waals surface area (Å²) in [7, 11) is 1.85. The van der Waals surface area contributed by atoms with Crippen LogP contribution >= 0.6 is 0 Å². The number of rotatable bonds is 3. The zero-order valence-electron chi connectivity index (χ0n) is 9.55. The van der Waals surface area contributed by atoms with E-state index in [2.05, 4.69) is 20.8 Å². The van der Waals surface area contributed by atoms with E-state index < -0.39 is 0 Å². The molecule has 0 aliphatic heterocycles. The van der Waals surface area contributed by atoms with Gasteiger partial charge in [0, 0.05) is 7.11 Å². The van der Waals surface area contributed by atoms with Crippen LogP contribution in [0.15, 0.2) is 0 Å². The van der Waals surface area contributed by atoms with Gasteiger partial charge in [-0.25, -0.2) is 0 Å². The molecule has 3 atom stereocenters. The quantitative estimate of drug-likeness (QED) is 0.652. The normalized spacial score (nSPS) is 35.3. The fourth-order valence-corrected chi connectivity index (χ4v) is 2.71. The molecule has 78 valence electrons. The first-order chi connectivity index (χ1) is 6.13. The zero-order chi connectivity index (χ0) is 9.84. The lowest BCUT2D eigenvalue weighted by atomic mass is 9.77. The Morgan fingerprint density at radius 2 is 2.00 bits per heavy atom. The molecule has 0 aromatic heterocycles. The third kappa shape index (κ3) is 3.30. The van der Waals surface area contributed by atoms with Gasteiger partial charge in [0.2, 0.25) is 0 Å². The van der Waals surface area contributed by atoms with Gasteiger partial charge in [0.15, 0.2) is 0 Å². The van der Waals surface area contributed by atoms with Crippen molar-refractivity contribution >= 4 is 0 Å². The molecule has 0 amide bonds. The molecule has 0 aromatic carbocycles. The van der Waals surface area contributed by atoms with Crippen LogP contribution in [0.2, 0.25) is 0 Å². The van der Waals surface area contributed by atoms with Crippen LogP contribution in [0.4, 0.5) is 0 Å². The molecule has 13 heavy (non-hydrogen) atoms. The van der Waals surface area contributed by atoms with E-state index in [1.807, 2.05) is 7.11 Å². The van der Waals surface area contributed by atoms with Crippen molar-refractivity contribution in [1.29, 1.82) is 0 Å². The Balaban J connectivity index is 2.32. The van der Waals surface area contributed by atoms with E-state index in [0.29, 0.717) is 6.10 Å². The summed E-state index contributed by atoms with van der Waals surface area (Å²) in [5.74, 6) is 2.58. The number of methoxy groups -OCH3 is 1. The van der Waals surface area contributed by atoms with Crippen LogP contribution in [0.1, 0.15) is 46.5 Å². The molecule has 1 rings (SSSR count). The smallest absolute Gasteiger partial charge is 0.0597 e. The van der Waals surface area contributed by atoms with Crippen LogP contribution in [0, 0.1) is 17.8 Å². The molecule has 0 spiro atoms. The summed E-state index contributed by atoms with van der Waals surface area (Å²) in [6, 6.07) is 0. The maximum absolute atomic E-state index is 5.46. The first-order valence-corrected chi connectivity index (χ1v) is 5.66. The molecule has 1 aliphatic carbocycles. The first-order valence-electron chi connectivity index (χ1n) is 5.66. The molecule has 0 unspecified atom stereocenters. The molecule has 0 N–H and O–H groups in total. The Hall–Kier alpha value is -0.0400. The predicted molar refractivity (Wildman–Crippen MR) is 56.8 cm³/mol. The van der Waals surface area contributed by atoms with E-state index in [-0.39, 0.29) is 0 Å². The maximum Gasteiger partial charge on any atom is 0.0597 e. The second kappa shape index (κ2) is 4.99. The molecule has 0 saturated heterocycles. The van der Waals surface area contributed by atoms with E-state index in [4.69, 9.17) is 4.74 Å². The Kier molecular flexibility index (Phi) is 4.24. The van der Waals surface area contributed by atoms with E-state index >= 15 is 0 Å². The van der Waals surface area contributed by atoms with Crippen molar-refractivity contribution in [2.75, 3.05) is 7.11 Å². The van der Waals surface area contributed by atoms with Gasteiger partial charge in [-0.2, -0.15) is 0 Å². The minimum Gasteiger partial charge on any atom is -0.381 e. The molecule has 1 aliphatic rings. The summed E-state index contributed by atoms with van der Waals surface area (Å²) in [6.45, 7) is 6.99. The molecule has 0 radical (unpaired) electrons. The summed E-state index contributed by atoms with van der Waals surface area (Å²) in [6.07, 6.45) is 5.96. The van der Waals surface area contributed by atoms with Gasteiger partial charge in [-0.3, -0.25) is 0 Å². The van der Waals surface area contributed by atoms with Crippen LogP contribution < -0.4 is 0 Å². The van der Waals surface area contributed by atoms with E-state index in [9.17, 15) is 0 Å². The topological polar surface area (TPSA) is 9.23 Å². The highest BCUT2D eigenvalue weighted by atomic mass is 16.5. The van der Waals surface area contributed by atoms with E-state index in [1.54, 1.807) is 0 Å². The Bertz CT molecular complexity index is 142. The largest absolute Gasteiger partial charge is 0.381 e. The number of hydrogen-bond acceptors (Lipinski definition) is 1. The molecular formula is C12H24O. The molecule has 0 bridgehead atoms. The molecule has 1 fully saturated rings. The highest BCUT2D eigenvalue weighted by molar-refractivity contribution is 4.78. The van der Waals surface area contributed by atoms with Gasteiger partial charge in [0.1, 0.15) is 0 Å². The highest BCUT2D eigenvalue weighted by Crippen LogP contribution is 2.34. The van der Waals surface area contributed by atoms with Crippen molar-refractivity contribution < 1.29 is 4.74 Å². The summed E-state index contributed by atoms with van der Waals surface area (Å²) in [5.41, 5.74) is 0. The molecule has 1 saturated carbocycles. The van der Waals surface area contributed by atoms with Gasteiger partial charge in [-0.1, -0.05) is 20.8 Å². The molecule has 1 nitrogen and oxygen atoms in total. The van der Waals surface area contributed by atoms with Gasteiger partial charge in [-0.05, 0) is 43.4 Å². The highest BCUT2D eigenvalue weighted by Gasteiger charge is 2.27. The van der Waals surface area contributed by atoms with Crippen LogP contribution in [-0.4, -0.2) is 13.2 Å². The van der Waals surface area contributed by atoms with Crippen molar-refractivity contribution in [3.63, 3.8) is 0 Å². The Labute approximate surface area is 82.9 Å². The van der Waals surface area contributed by atoms with Crippen LogP contribution in [0.5, 0.6) is 0 Å². The molecule has 0 aromatic rings. The van der Waals surface area contributed by atoms with Crippen molar-refractivity contribution in [1.82, 2.24) is 0 Å².